The first kappa shape index (κ1) is 15.9. The molecular formula is C12H19F3NO+. The summed E-state index contributed by atoms with van der Waals surface area (Å²) in [5.41, 5.74) is 3.25. The molecule has 0 aromatic carbocycles. The maximum atomic E-state index is 12.3. The molecule has 0 aliphatic carbocycles. The van der Waals surface area contributed by atoms with Gasteiger partial charge in [0, 0.05) is 6.20 Å². The van der Waals surface area contributed by atoms with E-state index in [2.05, 4.69) is 17.2 Å². The summed E-state index contributed by atoms with van der Waals surface area (Å²) in [5.74, 6) is -1.55. The van der Waals surface area contributed by atoms with E-state index in [4.69, 9.17) is 0 Å². The van der Waals surface area contributed by atoms with Crippen molar-refractivity contribution >= 4 is 0 Å². The Balaban J connectivity index is 4.70. The van der Waals surface area contributed by atoms with Crippen LogP contribution in [0.25, 0.3) is 0 Å². The molecule has 0 fully saturated rings. The zero-order valence-corrected chi connectivity index (χ0v) is 10.3. The highest BCUT2D eigenvalue weighted by Gasteiger charge is 2.39. The zero-order valence-electron chi connectivity index (χ0n) is 10.3. The van der Waals surface area contributed by atoms with Gasteiger partial charge in [-0.2, -0.15) is 13.2 Å². The molecule has 2 atom stereocenters. The average molecular weight is 250 g/mol. The van der Waals surface area contributed by atoms with Gasteiger partial charge in [-0.1, -0.05) is 19.9 Å². The first-order chi connectivity index (χ1) is 7.82. The quantitative estimate of drug-likeness (QED) is 0.441. The number of hydrogen-bond acceptors (Lipinski definition) is 2. The molecule has 0 bridgehead atoms. The molecule has 0 saturated carbocycles. The SMILES string of the molecule is [CH2+]C(/C=C\C(=C/NOC)C(C)CC)C(F)(F)F. The molecule has 0 aliphatic heterocycles. The maximum Gasteiger partial charge on any atom is 0.435 e. The Hall–Kier alpha value is -1.10. The van der Waals surface area contributed by atoms with Gasteiger partial charge in [-0.05, 0) is 24.0 Å². The van der Waals surface area contributed by atoms with Gasteiger partial charge in [0.15, 0.2) is 0 Å². The van der Waals surface area contributed by atoms with Crippen molar-refractivity contribution in [2.75, 3.05) is 7.11 Å². The van der Waals surface area contributed by atoms with E-state index in [0.717, 1.165) is 18.1 Å². The van der Waals surface area contributed by atoms with Crippen molar-refractivity contribution in [1.82, 2.24) is 5.48 Å². The van der Waals surface area contributed by atoms with E-state index in [0.29, 0.717) is 0 Å². The van der Waals surface area contributed by atoms with Gasteiger partial charge in [0.1, 0.15) is 0 Å². The van der Waals surface area contributed by atoms with Gasteiger partial charge in [0.25, 0.3) is 0 Å². The van der Waals surface area contributed by atoms with E-state index in [1.54, 1.807) is 6.20 Å². The van der Waals surface area contributed by atoms with Gasteiger partial charge in [-0.15, -0.1) is 0 Å². The summed E-state index contributed by atoms with van der Waals surface area (Å²) in [7, 11) is 1.44. The Morgan fingerprint density at radius 2 is 2.06 bits per heavy atom. The van der Waals surface area contributed by atoms with Gasteiger partial charge >= 0.3 is 6.18 Å². The van der Waals surface area contributed by atoms with E-state index >= 15 is 0 Å². The van der Waals surface area contributed by atoms with Crippen molar-refractivity contribution < 1.29 is 18.0 Å². The lowest BCUT2D eigenvalue weighted by atomic mass is 9.97. The fourth-order valence-electron chi connectivity index (χ4n) is 1.05. The molecule has 0 radical (unpaired) electrons. The topological polar surface area (TPSA) is 21.3 Å². The van der Waals surface area contributed by atoms with Crippen LogP contribution in [-0.2, 0) is 4.84 Å². The third-order valence-corrected chi connectivity index (χ3v) is 2.47. The van der Waals surface area contributed by atoms with Gasteiger partial charge < -0.3 is 0 Å². The first-order valence-electron chi connectivity index (χ1n) is 5.39. The van der Waals surface area contributed by atoms with Gasteiger partial charge in [-0.3, -0.25) is 10.3 Å². The summed E-state index contributed by atoms with van der Waals surface area (Å²) in [4.78, 5) is 4.64. The number of rotatable bonds is 6. The number of halogens is 3. The minimum absolute atomic E-state index is 0.148. The Kier molecular flexibility index (Phi) is 6.80. The van der Waals surface area contributed by atoms with Gasteiger partial charge in [0.2, 0.25) is 5.92 Å². The van der Waals surface area contributed by atoms with Crippen LogP contribution in [0.4, 0.5) is 13.2 Å². The zero-order chi connectivity index (χ0) is 13.5. The molecule has 1 N–H and O–H groups in total. The highest BCUT2D eigenvalue weighted by molar-refractivity contribution is 5.21. The summed E-state index contributed by atoms with van der Waals surface area (Å²) < 4.78 is 36.8. The normalized spacial score (nSPS) is 17.2. The Bertz CT molecular complexity index is 271. The van der Waals surface area contributed by atoms with Crippen LogP contribution in [0.2, 0.25) is 0 Å². The second-order valence-corrected chi connectivity index (χ2v) is 3.78. The van der Waals surface area contributed by atoms with Crippen LogP contribution >= 0.6 is 0 Å². The Morgan fingerprint density at radius 1 is 1.47 bits per heavy atom. The second-order valence-electron chi connectivity index (χ2n) is 3.78. The van der Waals surface area contributed by atoms with Gasteiger partial charge in [-0.25, -0.2) is 0 Å². The smallest absolute Gasteiger partial charge is 0.280 e. The van der Waals surface area contributed by atoms with Crippen LogP contribution in [-0.4, -0.2) is 13.3 Å². The predicted octanol–water partition coefficient (Wildman–Crippen LogP) is 3.64. The summed E-state index contributed by atoms with van der Waals surface area (Å²) >= 11 is 0. The van der Waals surface area contributed by atoms with Crippen LogP contribution in [0, 0.1) is 18.8 Å². The van der Waals surface area contributed by atoms with Crippen molar-refractivity contribution in [3.63, 3.8) is 0 Å². The molecule has 0 saturated heterocycles. The fraction of sp³-hybridized carbons (Fsp3) is 0.583. The Morgan fingerprint density at radius 3 is 2.47 bits per heavy atom. The van der Waals surface area contributed by atoms with Crippen molar-refractivity contribution in [3.05, 3.63) is 30.8 Å². The number of nitrogens with one attached hydrogen (secondary N) is 1. The molecule has 0 spiro atoms. The maximum absolute atomic E-state index is 12.3. The number of allylic oxidation sites excluding steroid dienone is 3. The molecule has 0 aromatic rings. The van der Waals surface area contributed by atoms with Gasteiger partial charge in [0.05, 0.1) is 14.0 Å². The minimum atomic E-state index is -4.30. The van der Waals surface area contributed by atoms with E-state index in [1.165, 1.54) is 13.2 Å². The molecule has 2 unspecified atom stereocenters. The highest BCUT2D eigenvalue weighted by Crippen LogP contribution is 2.27. The predicted molar refractivity (Wildman–Crippen MR) is 61.7 cm³/mol. The minimum Gasteiger partial charge on any atom is -0.280 e. The number of hydroxylamine groups is 1. The fourth-order valence-corrected chi connectivity index (χ4v) is 1.05. The lowest BCUT2D eigenvalue weighted by Crippen LogP contribution is -2.17. The molecule has 2 nitrogen and oxygen atoms in total. The molecule has 0 amide bonds. The van der Waals surface area contributed by atoms with Crippen molar-refractivity contribution in [2.24, 2.45) is 11.8 Å². The van der Waals surface area contributed by atoms with E-state index in [9.17, 15) is 13.2 Å². The van der Waals surface area contributed by atoms with Crippen LogP contribution in [0.3, 0.4) is 0 Å². The molecule has 0 aromatic heterocycles. The van der Waals surface area contributed by atoms with E-state index in [1.807, 2.05) is 13.8 Å². The third-order valence-electron chi connectivity index (χ3n) is 2.47. The highest BCUT2D eigenvalue weighted by atomic mass is 19.4. The molecule has 0 aliphatic rings. The molecule has 5 heteroatoms. The van der Waals surface area contributed by atoms with Crippen LogP contribution in [0.5, 0.6) is 0 Å². The molecule has 17 heavy (non-hydrogen) atoms. The third kappa shape index (κ3) is 6.26. The number of hydrogen-bond donors (Lipinski definition) is 1. The largest absolute Gasteiger partial charge is 0.435 e. The van der Waals surface area contributed by atoms with Crippen LogP contribution in [0.15, 0.2) is 23.9 Å². The molecule has 0 rings (SSSR count). The lowest BCUT2D eigenvalue weighted by Gasteiger charge is -2.11. The van der Waals surface area contributed by atoms with Crippen molar-refractivity contribution in [2.45, 2.75) is 26.4 Å². The van der Waals surface area contributed by atoms with Crippen LogP contribution in [0.1, 0.15) is 20.3 Å². The standard InChI is InChI=1S/C12H19F3NO/c1-5-9(2)11(8-16-17-4)7-6-10(3)12(13,14)15/h6-10,16H,3,5H2,1-2,4H3/q+1/b7-6-,11-8+. The lowest BCUT2D eigenvalue weighted by molar-refractivity contribution is -0.149. The molecular weight excluding hydrogens is 231 g/mol. The van der Waals surface area contributed by atoms with Crippen molar-refractivity contribution in [3.8, 4) is 0 Å². The molecule has 0 heterocycles. The van der Waals surface area contributed by atoms with E-state index < -0.39 is 12.1 Å². The summed E-state index contributed by atoms with van der Waals surface area (Å²) in [6.45, 7) is 6.95. The summed E-state index contributed by atoms with van der Waals surface area (Å²) in [6, 6.07) is 0. The summed E-state index contributed by atoms with van der Waals surface area (Å²) in [5, 5.41) is 0. The average Bonchev–Trinajstić information content (AvgIpc) is 2.26. The van der Waals surface area contributed by atoms with E-state index in [-0.39, 0.29) is 5.92 Å². The summed E-state index contributed by atoms with van der Waals surface area (Å²) in [6.07, 6.45) is 0.565. The molecule has 98 valence electrons. The van der Waals surface area contributed by atoms with Crippen LogP contribution < -0.4 is 5.48 Å². The number of alkyl halides is 3. The second kappa shape index (κ2) is 7.27. The first-order valence-corrected chi connectivity index (χ1v) is 5.39. The van der Waals surface area contributed by atoms with Crippen molar-refractivity contribution in [1.29, 1.82) is 0 Å². The monoisotopic (exact) mass is 250 g/mol. The Labute approximate surface area is 100 Å².